The summed E-state index contributed by atoms with van der Waals surface area (Å²) in [6.45, 7) is 0.687. The SMILES string of the molecule is CN=C(NCC(c1ccc(OC)cc1)N(C)C)Nc1ccc(OC)c(OC)c1. The highest BCUT2D eigenvalue weighted by atomic mass is 16.5. The normalized spacial score (nSPS) is 12.5. The van der Waals surface area contributed by atoms with Gasteiger partial charge in [0.05, 0.1) is 27.4 Å². The Labute approximate surface area is 167 Å². The van der Waals surface area contributed by atoms with E-state index in [1.165, 1.54) is 5.56 Å². The molecule has 0 radical (unpaired) electrons. The highest BCUT2D eigenvalue weighted by molar-refractivity contribution is 5.93. The van der Waals surface area contributed by atoms with E-state index in [1.54, 1.807) is 28.4 Å². The van der Waals surface area contributed by atoms with Crippen LogP contribution in [0.15, 0.2) is 47.5 Å². The van der Waals surface area contributed by atoms with Crippen LogP contribution < -0.4 is 24.8 Å². The maximum absolute atomic E-state index is 5.36. The maximum atomic E-state index is 5.36. The second-order valence-corrected chi connectivity index (χ2v) is 6.40. The van der Waals surface area contributed by atoms with Crippen LogP contribution in [0.5, 0.6) is 17.2 Å². The van der Waals surface area contributed by atoms with Crippen LogP contribution in [-0.4, -0.2) is 59.9 Å². The molecule has 152 valence electrons. The summed E-state index contributed by atoms with van der Waals surface area (Å²) in [6, 6.07) is 13.9. The molecule has 2 aromatic carbocycles. The number of ether oxygens (including phenoxy) is 3. The van der Waals surface area contributed by atoms with Crippen molar-refractivity contribution >= 4 is 11.6 Å². The molecule has 0 saturated heterocycles. The number of benzene rings is 2. The Balaban J connectivity index is 2.06. The van der Waals surface area contributed by atoms with E-state index in [1.807, 2.05) is 30.3 Å². The van der Waals surface area contributed by atoms with Gasteiger partial charge in [0, 0.05) is 25.3 Å². The van der Waals surface area contributed by atoms with Crippen molar-refractivity contribution < 1.29 is 14.2 Å². The fraction of sp³-hybridized carbons (Fsp3) is 0.381. The summed E-state index contributed by atoms with van der Waals surface area (Å²) in [7, 11) is 10.8. The molecule has 28 heavy (non-hydrogen) atoms. The van der Waals surface area contributed by atoms with Crippen molar-refractivity contribution in [2.24, 2.45) is 4.99 Å². The maximum Gasteiger partial charge on any atom is 0.195 e. The topological polar surface area (TPSA) is 67.4 Å². The number of nitrogens with zero attached hydrogens (tertiary/aromatic N) is 2. The second kappa shape index (κ2) is 10.4. The first kappa shape index (κ1) is 21.4. The van der Waals surface area contributed by atoms with Crippen molar-refractivity contribution in [3.63, 3.8) is 0 Å². The summed E-state index contributed by atoms with van der Waals surface area (Å²) in [4.78, 5) is 6.48. The number of anilines is 1. The first-order valence-corrected chi connectivity index (χ1v) is 9.02. The lowest BCUT2D eigenvalue weighted by atomic mass is 10.1. The summed E-state index contributed by atoms with van der Waals surface area (Å²) in [5.74, 6) is 2.86. The van der Waals surface area contributed by atoms with Crippen LogP contribution in [0.2, 0.25) is 0 Å². The molecule has 1 unspecified atom stereocenters. The minimum atomic E-state index is 0.176. The van der Waals surface area contributed by atoms with Gasteiger partial charge in [-0.15, -0.1) is 0 Å². The number of hydrogen-bond donors (Lipinski definition) is 2. The quantitative estimate of drug-likeness (QED) is 0.537. The first-order chi connectivity index (χ1) is 13.5. The van der Waals surface area contributed by atoms with Gasteiger partial charge in [-0.05, 0) is 43.9 Å². The van der Waals surface area contributed by atoms with Crippen molar-refractivity contribution in [2.75, 3.05) is 54.3 Å². The van der Waals surface area contributed by atoms with Crippen molar-refractivity contribution in [1.29, 1.82) is 0 Å². The number of aliphatic imine (C=N–C) groups is 1. The molecule has 0 aliphatic heterocycles. The second-order valence-electron chi connectivity index (χ2n) is 6.40. The average molecular weight is 386 g/mol. The van der Waals surface area contributed by atoms with Gasteiger partial charge in [0.15, 0.2) is 17.5 Å². The van der Waals surface area contributed by atoms with E-state index >= 15 is 0 Å². The lowest BCUT2D eigenvalue weighted by Gasteiger charge is -2.26. The predicted octanol–water partition coefficient (Wildman–Crippen LogP) is 3.00. The summed E-state index contributed by atoms with van der Waals surface area (Å²) in [5, 5.41) is 6.67. The molecule has 0 aliphatic carbocycles. The summed E-state index contributed by atoms with van der Waals surface area (Å²) < 4.78 is 15.9. The van der Waals surface area contributed by atoms with Crippen molar-refractivity contribution in [2.45, 2.75) is 6.04 Å². The monoisotopic (exact) mass is 386 g/mol. The van der Waals surface area contributed by atoms with E-state index in [2.05, 4.69) is 46.8 Å². The molecule has 7 heteroatoms. The number of rotatable bonds is 8. The third-order valence-electron chi connectivity index (χ3n) is 4.46. The molecule has 2 aromatic rings. The van der Waals surface area contributed by atoms with Crippen molar-refractivity contribution in [1.82, 2.24) is 10.2 Å². The molecule has 7 nitrogen and oxygen atoms in total. The molecule has 0 aliphatic rings. The Morgan fingerprint density at radius 2 is 1.64 bits per heavy atom. The van der Waals surface area contributed by atoms with Gasteiger partial charge in [0.1, 0.15) is 5.75 Å². The predicted molar refractivity (Wildman–Crippen MR) is 114 cm³/mol. The molecule has 0 aromatic heterocycles. The standard InChI is InChI=1S/C21H30N4O3/c1-22-21(24-16-9-12-19(27-5)20(13-16)28-6)23-14-18(25(2)3)15-7-10-17(26-4)11-8-15/h7-13,18H,14H2,1-6H3,(H2,22,23,24). The van der Waals surface area contributed by atoms with Gasteiger partial charge in [-0.3, -0.25) is 4.99 Å². The van der Waals surface area contributed by atoms with Crippen LogP contribution in [0.25, 0.3) is 0 Å². The number of methoxy groups -OCH3 is 3. The highest BCUT2D eigenvalue weighted by Crippen LogP contribution is 2.29. The third kappa shape index (κ3) is 5.53. The summed E-state index contributed by atoms with van der Waals surface area (Å²) >= 11 is 0. The van der Waals surface area contributed by atoms with Crippen molar-refractivity contribution in [3.05, 3.63) is 48.0 Å². The molecule has 0 heterocycles. The van der Waals surface area contributed by atoms with E-state index in [0.717, 1.165) is 11.4 Å². The average Bonchev–Trinajstić information content (AvgIpc) is 2.73. The largest absolute Gasteiger partial charge is 0.497 e. The molecule has 0 saturated carbocycles. The minimum absolute atomic E-state index is 0.176. The Morgan fingerprint density at radius 1 is 0.964 bits per heavy atom. The zero-order valence-electron chi connectivity index (χ0n) is 17.4. The van der Waals surface area contributed by atoms with Gasteiger partial charge in [-0.2, -0.15) is 0 Å². The Bertz CT molecular complexity index is 776. The van der Waals surface area contributed by atoms with Gasteiger partial charge in [-0.1, -0.05) is 12.1 Å². The lowest BCUT2D eigenvalue weighted by Crippen LogP contribution is -2.37. The molecule has 1 atom stereocenters. The van der Waals surface area contributed by atoms with E-state index in [0.29, 0.717) is 24.0 Å². The van der Waals surface area contributed by atoms with Crippen LogP contribution in [-0.2, 0) is 0 Å². The summed E-state index contributed by atoms with van der Waals surface area (Å²) in [5.41, 5.74) is 2.05. The molecule has 2 rings (SSSR count). The zero-order chi connectivity index (χ0) is 20.5. The Kier molecular flexibility index (Phi) is 7.95. The number of hydrogen-bond acceptors (Lipinski definition) is 5. The van der Waals surface area contributed by atoms with Gasteiger partial charge >= 0.3 is 0 Å². The van der Waals surface area contributed by atoms with Crippen LogP contribution >= 0.6 is 0 Å². The van der Waals surface area contributed by atoms with Crippen LogP contribution in [0.4, 0.5) is 5.69 Å². The van der Waals surface area contributed by atoms with Gasteiger partial charge < -0.3 is 29.7 Å². The van der Waals surface area contributed by atoms with Crippen LogP contribution in [0.1, 0.15) is 11.6 Å². The molecular formula is C21H30N4O3. The molecule has 2 N–H and O–H groups in total. The van der Waals surface area contributed by atoms with Gasteiger partial charge in [0.2, 0.25) is 0 Å². The number of nitrogens with one attached hydrogen (secondary N) is 2. The first-order valence-electron chi connectivity index (χ1n) is 9.02. The fourth-order valence-electron chi connectivity index (χ4n) is 2.85. The van der Waals surface area contributed by atoms with E-state index < -0.39 is 0 Å². The minimum Gasteiger partial charge on any atom is -0.497 e. The Morgan fingerprint density at radius 3 is 2.18 bits per heavy atom. The number of guanidine groups is 1. The lowest BCUT2D eigenvalue weighted by molar-refractivity contribution is 0.298. The van der Waals surface area contributed by atoms with Gasteiger partial charge in [-0.25, -0.2) is 0 Å². The molecular weight excluding hydrogens is 356 g/mol. The van der Waals surface area contributed by atoms with E-state index in [9.17, 15) is 0 Å². The molecule has 0 bridgehead atoms. The van der Waals surface area contributed by atoms with Crippen LogP contribution in [0.3, 0.4) is 0 Å². The number of likely N-dealkylation sites (N-methyl/N-ethyl adjacent to an activating group) is 1. The summed E-state index contributed by atoms with van der Waals surface area (Å²) in [6.07, 6.45) is 0. The third-order valence-corrected chi connectivity index (χ3v) is 4.46. The fourth-order valence-corrected chi connectivity index (χ4v) is 2.85. The van der Waals surface area contributed by atoms with Crippen LogP contribution in [0, 0.1) is 0 Å². The van der Waals surface area contributed by atoms with E-state index in [4.69, 9.17) is 14.2 Å². The van der Waals surface area contributed by atoms with Crippen molar-refractivity contribution in [3.8, 4) is 17.2 Å². The smallest absolute Gasteiger partial charge is 0.195 e. The zero-order valence-corrected chi connectivity index (χ0v) is 17.4. The highest BCUT2D eigenvalue weighted by Gasteiger charge is 2.15. The Hall–Kier alpha value is -2.93. The van der Waals surface area contributed by atoms with Gasteiger partial charge in [0.25, 0.3) is 0 Å². The molecule has 0 spiro atoms. The molecule has 0 amide bonds. The van der Waals surface area contributed by atoms with E-state index in [-0.39, 0.29) is 6.04 Å². The molecule has 0 fully saturated rings.